The quantitative estimate of drug-likeness (QED) is 0.371. The highest BCUT2D eigenvalue weighted by Gasteiger charge is 2.15. The molecule has 3 N–H and O–H groups in total. The molecule has 8 heteroatoms. The summed E-state index contributed by atoms with van der Waals surface area (Å²) in [6.45, 7) is 5.19. The summed E-state index contributed by atoms with van der Waals surface area (Å²) < 4.78 is 5.36. The van der Waals surface area contributed by atoms with Crippen LogP contribution in [0.3, 0.4) is 0 Å². The molecule has 7 nitrogen and oxygen atoms in total. The molecule has 0 aliphatic heterocycles. The molecule has 0 unspecified atom stereocenters. The van der Waals surface area contributed by atoms with Crippen LogP contribution in [0.4, 0.5) is 5.69 Å². The SMILES string of the molecule is CC(C)Cc1ccc(-c2cc(C(=O)Nc3ccc(CNCCC(=O)O)cc3Cl)no2)cc1. The molecular weight excluding hydrogens is 430 g/mol. The number of hydrogen-bond acceptors (Lipinski definition) is 5. The number of rotatable bonds is 10. The third kappa shape index (κ3) is 6.67. The lowest BCUT2D eigenvalue weighted by molar-refractivity contribution is -0.136. The minimum absolute atomic E-state index is 0.0453. The number of aliphatic carboxylic acids is 1. The van der Waals surface area contributed by atoms with Gasteiger partial charge in [0.25, 0.3) is 5.91 Å². The maximum Gasteiger partial charge on any atom is 0.304 e. The van der Waals surface area contributed by atoms with Crippen LogP contribution < -0.4 is 10.6 Å². The van der Waals surface area contributed by atoms with Gasteiger partial charge in [-0.05, 0) is 35.6 Å². The van der Waals surface area contributed by atoms with Crippen LogP contribution in [0.25, 0.3) is 11.3 Å². The van der Waals surface area contributed by atoms with E-state index in [1.165, 1.54) is 5.56 Å². The fourth-order valence-electron chi connectivity index (χ4n) is 3.18. The molecule has 0 atom stereocenters. The monoisotopic (exact) mass is 455 g/mol. The largest absolute Gasteiger partial charge is 0.481 e. The molecule has 0 fully saturated rings. The molecular formula is C24H26ClN3O4. The lowest BCUT2D eigenvalue weighted by Crippen LogP contribution is -2.17. The molecule has 2 aromatic carbocycles. The van der Waals surface area contributed by atoms with E-state index >= 15 is 0 Å². The van der Waals surface area contributed by atoms with Gasteiger partial charge in [-0.3, -0.25) is 9.59 Å². The van der Waals surface area contributed by atoms with Gasteiger partial charge in [0, 0.05) is 24.7 Å². The van der Waals surface area contributed by atoms with Gasteiger partial charge in [-0.25, -0.2) is 0 Å². The van der Waals surface area contributed by atoms with Crippen LogP contribution in [0.1, 0.15) is 41.9 Å². The molecule has 1 amide bonds. The molecule has 0 saturated heterocycles. The van der Waals surface area contributed by atoms with Crippen molar-refractivity contribution in [1.29, 1.82) is 0 Å². The van der Waals surface area contributed by atoms with Crippen molar-refractivity contribution in [2.24, 2.45) is 5.92 Å². The number of amides is 1. The Morgan fingerprint density at radius 3 is 2.47 bits per heavy atom. The van der Waals surface area contributed by atoms with Gasteiger partial charge < -0.3 is 20.3 Å². The number of carboxylic acid groups (broad SMARTS) is 1. The van der Waals surface area contributed by atoms with E-state index in [0.29, 0.717) is 35.5 Å². The number of carboxylic acids is 1. The number of halogens is 1. The molecule has 0 saturated carbocycles. The van der Waals surface area contributed by atoms with E-state index in [0.717, 1.165) is 17.5 Å². The van der Waals surface area contributed by atoms with Gasteiger partial charge in [-0.15, -0.1) is 0 Å². The summed E-state index contributed by atoms with van der Waals surface area (Å²) in [5, 5.41) is 18.7. The molecule has 0 aliphatic rings. The Labute approximate surface area is 191 Å². The summed E-state index contributed by atoms with van der Waals surface area (Å²) in [6, 6.07) is 14.8. The number of nitrogens with one attached hydrogen (secondary N) is 2. The lowest BCUT2D eigenvalue weighted by Gasteiger charge is -2.08. The van der Waals surface area contributed by atoms with Crippen LogP contribution in [-0.2, 0) is 17.8 Å². The van der Waals surface area contributed by atoms with Gasteiger partial charge in [0.05, 0.1) is 17.1 Å². The minimum Gasteiger partial charge on any atom is -0.481 e. The first-order chi connectivity index (χ1) is 15.3. The Hall–Kier alpha value is -3.16. The van der Waals surface area contributed by atoms with E-state index < -0.39 is 11.9 Å². The van der Waals surface area contributed by atoms with Gasteiger partial charge in [-0.1, -0.05) is 60.9 Å². The smallest absolute Gasteiger partial charge is 0.304 e. The number of carbonyl (C=O) groups excluding carboxylic acids is 1. The number of anilines is 1. The van der Waals surface area contributed by atoms with Gasteiger partial charge in [0.2, 0.25) is 0 Å². The van der Waals surface area contributed by atoms with E-state index in [-0.39, 0.29) is 12.1 Å². The summed E-state index contributed by atoms with van der Waals surface area (Å²) in [7, 11) is 0. The normalized spacial score (nSPS) is 11.0. The Morgan fingerprint density at radius 2 is 1.81 bits per heavy atom. The van der Waals surface area contributed by atoms with Crippen molar-refractivity contribution < 1.29 is 19.2 Å². The maximum atomic E-state index is 12.6. The van der Waals surface area contributed by atoms with Crippen LogP contribution in [-0.4, -0.2) is 28.7 Å². The zero-order chi connectivity index (χ0) is 23.1. The highest BCUT2D eigenvalue weighted by Crippen LogP contribution is 2.25. The standard InChI is InChI=1S/C24H26ClN3O4/c1-15(2)11-16-3-6-18(7-4-16)22-13-21(28-32-22)24(31)27-20-8-5-17(12-19(20)25)14-26-10-9-23(29)30/h3-8,12-13,15,26H,9-11,14H2,1-2H3,(H,27,31)(H,29,30). The number of carbonyl (C=O) groups is 2. The van der Waals surface area contributed by atoms with E-state index in [9.17, 15) is 9.59 Å². The zero-order valence-corrected chi connectivity index (χ0v) is 18.8. The predicted octanol–water partition coefficient (Wildman–Crippen LogP) is 5.01. The van der Waals surface area contributed by atoms with E-state index in [1.54, 1.807) is 18.2 Å². The van der Waals surface area contributed by atoms with E-state index in [2.05, 4.69) is 41.8 Å². The number of aromatic nitrogens is 1. The molecule has 1 heterocycles. The third-order valence-corrected chi connectivity index (χ3v) is 5.06. The van der Waals surface area contributed by atoms with Gasteiger partial charge in [0.15, 0.2) is 11.5 Å². The van der Waals surface area contributed by atoms with Crippen LogP contribution in [0.5, 0.6) is 0 Å². The molecule has 3 aromatic rings. The van der Waals surface area contributed by atoms with Crippen molar-refractivity contribution in [1.82, 2.24) is 10.5 Å². The van der Waals surface area contributed by atoms with Gasteiger partial charge >= 0.3 is 5.97 Å². The van der Waals surface area contributed by atoms with E-state index in [1.807, 2.05) is 18.2 Å². The Kier molecular flexibility index (Phi) is 8.03. The molecule has 32 heavy (non-hydrogen) atoms. The molecule has 3 rings (SSSR count). The first kappa shape index (κ1) is 23.5. The average Bonchev–Trinajstić information content (AvgIpc) is 3.23. The lowest BCUT2D eigenvalue weighted by atomic mass is 10.0. The Bertz CT molecular complexity index is 1080. The van der Waals surface area contributed by atoms with Crippen LogP contribution in [0, 0.1) is 5.92 Å². The van der Waals surface area contributed by atoms with Crippen molar-refractivity contribution in [2.45, 2.75) is 33.2 Å². The first-order valence-corrected chi connectivity index (χ1v) is 10.8. The van der Waals surface area contributed by atoms with Crippen LogP contribution >= 0.6 is 11.6 Å². The average molecular weight is 456 g/mol. The summed E-state index contributed by atoms with van der Waals surface area (Å²) in [5.74, 6) is -0.186. The molecule has 0 aliphatic carbocycles. The second-order valence-electron chi connectivity index (χ2n) is 7.96. The second-order valence-corrected chi connectivity index (χ2v) is 8.37. The molecule has 1 aromatic heterocycles. The zero-order valence-electron chi connectivity index (χ0n) is 18.0. The van der Waals surface area contributed by atoms with Crippen LogP contribution in [0.2, 0.25) is 5.02 Å². The fourth-order valence-corrected chi connectivity index (χ4v) is 3.43. The number of hydrogen-bond donors (Lipinski definition) is 3. The topological polar surface area (TPSA) is 104 Å². The van der Waals surface area contributed by atoms with Crippen molar-refractivity contribution in [3.05, 3.63) is 70.4 Å². The highest BCUT2D eigenvalue weighted by atomic mass is 35.5. The van der Waals surface area contributed by atoms with E-state index in [4.69, 9.17) is 21.2 Å². The van der Waals surface area contributed by atoms with Crippen molar-refractivity contribution in [2.75, 3.05) is 11.9 Å². The fraction of sp³-hybridized carbons (Fsp3) is 0.292. The molecule has 0 bridgehead atoms. The van der Waals surface area contributed by atoms with Gasteiger partial charge in [-0.2, -0.15) is 0 Å². The molecule has 168 valence electrons. The highest BCUT2D eigenvalue weighted by molar-refractivity contribution is 6.34. The minimum atomic E-state index is -0.854. The van der Waals surface area contributed by atoms with Crippen molar-refractivity contribution in [3.63, 3.8) is 0 Å². The number of benzene rings is 2. The van der Waals surface area contributed by atoms with Crippen LogP contribution in [0.15, 0.2) is 53.1 Å². The summed E-state index contributed by atoms with van der Waals surface area (Å²) in [4.78, 5) is 23.1. The Morgan fingerprint density at radius 1 is 1.09 bits per heavy atom. The summed E-state index contributed by atoms with van der Waals surface area (Å²) in [6.07, 6.45) is 1.05. The second kappa shape index (κ2) is 10.9. The maximum absolute atomic E-state index is 12.6. The predicted molar refractivity (Wildman–Crippen MR) is 124 cm³/mol. The summed E-state index contributed by atoms with van der Waals surface area (Å²) in [5.41, 5.74) is 3.58. The molecule has 0 radical (unpaired) electrons. The summed E-state index contributed by atoms with van der Waals surface area (Å²) >= 11 is 6.30. The van der Waals surface area contributed by atoms with Crippen molar-refractivity contribution >= 4 is 29.2 Å². The molecule has 0 spiro atoms. The first-order valence-electron chi connectivity index (χ1n) is 10.4. The Balaban J connectivity index is 1.60. The van der Waals surface area contributed by atoms with Crippen molar-refractivity contribution in [3.8, 4) is 11.3 Å². The number of nitrogens with zero attached hydrogens (tertiary/aromatic N) is 1. The third-order valence-electron chi connectivity index (χ3n) is 4.75. The van der Waals surface area contributed by atoms with Gasteiger partial charge in [0.1, 0.15) is 0 Å².